The smallest absolute Gasteiger partial charge is 0.0158 e. The van der Waals surface area contributed by atoms with E-state index in [1.807, 2.05) is 0 Å². The first-order chi connectivity index (χ1) is 3.21. The maximum absolute atomic E-state index is 2.47. The standard InChI is InChI=1S/C6H14P/c1-7(2)5-3-4-6-7/h3-6H2,1-2H3/q+1. The fourth-order valence-corrected chi connectivity index (χ4v) is 3.57. The predicted molar refractivity (Wildman–Crippen MR) is 37.7 cm³/mol. The van der Waals surface area contributed by atoms with Gasteiger partial charge in [-0.3, -0.25) is 0 Å². The van der Waals surface area contributed by atoms with Crippen molar-refractivity contribution in [1.29, 1.82) is 0 Å². The van der Waals surface area contributed by atoms with Crippen LogP contribution in [0.4, 0.5) is 0 Å². The van der Waals surface area contributed by atoms with E-state index in [0.29, 0.717) is 0 Å². The summed E-state index contributed by atoms with van der Waals surface area (Å²) in [6.07, 6.45) is 6.15. The highest BCUT2D eigenvalue weighted by molar-refractivity contribution is 7.74. The van der Waals surface area contributed by atoms with Crippen molar-refractivity contribution in [3.8, 4) is 0 Å². The lowest BCUT2D eigenvalue weighted by atomic mass is 10.4. The average Bonchev–Trinajstić information content (AvgIpc) is 1.84. The lowest BCUT2D eigenvalue weighted by molar-refractivity contribution is 0.949. The van der Waals surface area contributed by atoms with Gasteiger partial charge in [0.15, 0.2) is 0 Å². The number of hydrogen-bond donors (Lipinski definition) is 0. The molecule has 0 aromatic heterocycles. The summed E-state index contributed by atoms with van der Waals surface area (Å²) in [6, 6.07) is 0. The van der Waals surface area contributed by atoms with Crippen LogP contribution in [0.1, 0.15) is 12.8 Å². The Balaban J connectivity index is 2.40. The fourth-order valence-electron chi connectivity index (χ4n) is 1.19. The topological polar surface area (TPSA) is 0 Å². The Hall–Kier alpha value is 0.430. The molecular weight excluding hydrogens is 103 g/mol. The van der Waals surface area contributed by atoms with Gasteiger partial charge in [0, 0.05) is 20.6 Å². The third kappa shape index (κ3) is 1.42. The molecule has 1 rings (SSSR count). The molecule has 0 nitrogen and oxygen atoms in total. The van der Waals surface area contributed by atoms with Crippen LogP contribution in [0, 0.1) is 0 Å². The second-order valence-corrected chi connectivity index (χ2v) is 7.86. The van der Waals surface area contributed by atoms with Crippen molar-refractivity contribution in [2.24, 2.45) is 0 Å². The Morgan fingerprint density at radius 3 is 1.57 bits per heavy atom. The molecule has 1 saturated heterocycles. The molecule has 1 heterocycles. The van der Waals surface area contributed by atoms with Gasteiger partial charge in [0.2, 0.25) is 0 Å². The zero-order chi connectivity index (χ0) is 5.33. The average molecular weight is 117 g/mol. The second kappa shape index (κ2) is 1.74. The summed E-state index contributed by atoms with van der Waals surface area (Å²) in [5, 5.41) is 0. The van der Waals surface area contributed by atoms with Crippen LogP contribution in [-0.4, -0.2) is 25.7 Å². The zero-order valence-corrected chi connectivity index (χ0v) is 6.17. The van der Waals surface area contributed by atoms with Crippen LogP contribution in [0.5, 0.6) is 0 Å². The Kier molecular flexibility index (Phi) is 1.39. The van der Waals surface area contributed by atoms with E-state index < -0.39 is 0 Å². The summed E-state index contributed by atoms with van der Waals surface area (Å²) < 4.78 is 0. The minimum absolute atomic E-state index is 0.293. The monoisotopic (exact) mass is 117 g/mol. The summed E-state index contributed by atoms with van der Waals surface area (Å²) in [5.74, 6) is 0. The molecule has 0 radical (unpaired) electrons. The molecule has 0 saturated carbocycles. The Morgan fingerprint density at radius 1 is 1.00 bits per heavy atom. The van der Waals surface area contributed by atoms with E-state index in [1.54, 1.807) is 12.3 Å². The largest absolute Gasteiger partial charge is 0.0590 e. The second-order valence-electron chi connectivity index (χ2n) is 3.09. The van der Waals surface area contributed by atoms with Gasteiger partial charge in [-0.15, -0.1) is 0 Å². The van der Waals surface area contributed by atoms with Crippen LogP contribution in [-0.2, 0) is 0 Å². The summed E-state index contributed by atoms with van der Waals surface area (Å²) in [5.41, 5.74) is 0. The molecule has 1 aliphatic heterocycles. The van der Waals surface area contributed by atoms with E-state index in [4.69, 9.17) is 0 Å². The first-order valence-electron chi connectivity index (χ1n) is 3.03. The van der Waals surface area contributed by atoms with Crippen molar-refractivity contribution in [2.75, 3.05) is 25.7 Å². The van der Waals surface area contributed by atoms with Crippen LogP contribution in [0.3, 0.4) is 0 Å². The summed E-state index contributed by atoms with van der Waals surface area (Å²) in [7, 11) is -0.293. The van der Waals surface area contributed by atoms with E-state index in [9.17, 15) is 0 Å². The normalized spacial score (nSPS) is 28.3. The molecule has 1 aliphatic rings. The first kappa shape index (κ1) is 5.56. The Labute approximate surface area is 46.6 Å². The van der Waals surface area contributed by atoms with E-state index in [1.165, 1.54) is 12.8 Å². The van der Waals surface area contributed by atoms with E-state index >= 15 is 0 Å². The molecule has 1 fully saturated rings. The van der Waals surface area contributed by atoms with Crippen LogP contribution >= 0.6 is 7.26 Å². The first-order valence-corrected chi connectivity index (χ1v) is 6.08. The molecule has 0 N–H and O–H groups in total. The van der Waals surface area contributed by atoms with Crippen molar-refractivity contribution in [3.63, 3.8) is 0 Å². The molecule has 0 atom stereocenters. The van der Waals surface area contributed by atoms with Crippen molar-refractivity contribution in [3.05, 3.63) is 0 Å². The molecule has 0 bridgehead atoms. The van der Waals surface area contributed by atoms with Gasteiger partial charge < -0.3 is 0 Å². The summed E-state index contributed by atoms with van der Waals surface area (Å²) in [6.45, 7) is 4.94. The molecule has 1 heteroatoms. The van der Waals surface area contributed by atoms with E-state index in [0.717, 1.165) is 0 Å². The van der Waals surface area contributed by atoms with Gasteiger partial charge in [0.25, 0.3) is 0 Å². The maximum atomic E-state index is 2.47. The van der Waals surface area contributed by atoms with Crippen molar-refractivity contribution in [1.82, 2.24) is 0 Å². The van der Waals surface area contributed by atoms with Gasteiger partial charge in [0.05, 0.1) is 12.3 Å². The van der Waals surface area contributed by atoms with Crippen molar-refractivity contribution < 1.29 is 0 Å². The predicted octanol–water partition coefficient (Wildman–Crippen LogP) is 2.06. The van der Waals surface area contributed by atoms with Gasteiger partial charge in [-0.1, -0.05) is 0 Å². The van der Waals surface area contributed by atoms with Crippen LogP contribution in [0.25, 0.3) is 0 Å². The van der Waals surface area contributed by atoms with Crippen molar-refractivity contribution in [2.45, 2.75) is 12.8 Å². The SMILES string of the molecule is C[P+]1(C)CCCC1. The molecule has 0 amide bonds. The quantitative estimate of drug-likeness (QED) is 0.426. The minimum atomic E-state index is -0.293. The molecule has 0 aromatic rings. The number of rotatable bonds is 0. The third-order valence-electron chi connectivity index (χ3n) is 1.78. The van der Waals surface area contributed by atoms with Crippen LogP contribution < -0.4 is 0 Å². The van der Waals surface area contributed by atoms with Gasteiger partial charge in [0.1, 0.15) is 0 Å². The molecule has 0 aliphatic carbocycles. The summed E-state index contributed by atoms with van der Waals surface area (Å²) in [4.78, 5) is 0. The molecule has 0 spiro atoms. The lowest BCUT2D eigenvalue weighted by Crippen LogP contribution is -1.86. The summed E-state index contributed by atoms with van der Waals surface area (Å²) >= 11 is 0. The molecule has 7 heavy (non-hydrogen) atoms. The minimum Gasteiger partial charge on any atom is -0.0158 e. The number of hydrogen-bond acceptors (Lipinski definition) is 0. The van der Waals surface area contributed by atoms with E-state index in [-0.39, 0.29) is 7.26 Å². The van der Waals surface area contributed by atoms with Gasteiger partial charge >= 0.3 is 0 Å². The van der Waals surface area contributed by atoms with Gasteiger partial charge in [-0.25, -0.2) is 0 Å². The molecule has 0 aromatic carbocycles. The highest BCUT2D eigenvalue weighted by atomic mass is 31.2. The third-order valence-corrected chi connectivity index (χ3v) is 4.83. The zero-order valence-electron chi connectivity index (χ0n) is 5.28. The van der Waals surface area contributed by atoms with Crippen LogP contribution in [0.2, 0.25) is 0 Å². The van der Waals surface area contributed by atoms with Gasteiger partial charge in [-0.2, -0.15) is 0 Å². The molecule has 42 valence electrons. The van der Waals surface area contributed by atoms with Crippen molar-refractivity contribution >= 4 is 7.26 Å². The van der Waals surface area contributed by atoms with Gasteiger partial charge in [-0.05, 0) is 12.8 Å². The highest BCUT2D eigenvalue weighted by Crippen LogP contribution is 2.56. The lowest BCUT2D eigenvalue weighted by Gasteiger charge is -2.06. The highest BCUT2D eigenvalue weighted by Gasteiger charge is 2.28. The Morgan fingerprint density at radius 2 is 1.43 bits per heavy atom. The fraction of sp³-hybridized carbons (Fsp3) is 1.00. The van der Waals surface area contributed by atoms with E-state index in [2.05, 4.69) is 13.3 Å². The molecule has 0 unspecified atom stereocenters. The van der Waals surface area contributed by atoms with Crippen LogP contribution in [0.15, 0.2) is 0 Å². The molecular formula is C6H14P+. The Bertz CT molecular complexity index is 58.6. The maximum Gasteiger partial charge on any atom is 0.0590 e.